The Balaban J connectivity index is 1.82. The minimum absolute atomic E-state index is 0.00599. The normalized spacial score (nSPS) is 26.6. The standard InChI is InChI=1S/C14H23N3O4/c1-21-14(20)11-4-6-16(7-11)9-12(18)17-5-2-3-10(8-17)13(15)19/h10-11H,2-9H2,1H3,(H2,15,19). The van der Waals surface area contributed by atoms with Crippen LogP contribution in [0, 0.1) is 11.8 Å². The average Bonchev–Trinajstić information content (AvgIpc) is 2.95. The lowest BCUT2D eigenvalue weighted by Crippen LogP contribution is -2.47. The highest BCUT2D eigenvalue weighted by atomic mass is 16.5. The second-order valence-corrected chi connectivity index (χ2v) is 5.83. The summed E-state index contributed by atoms with van der Waals surface area (Å²) in [7, 11) is 1.38. The molecular weight excluding hydrogens is 274 g/mol. The van der Waals surface area contributed by atoms with Crippen molar-refractivity contribution in [2.45, 2.75) is 19.3 Å². The molecule has 0 saturated carbocycles. The molecular formula is C14H23N3O4. The predicted octanol–water partition coefficient (Wildman–Crippen LogP) is -0.795. The number of amides is 2. The van der Waals surface area contributed by atoms with Gasteiger partial charge in [-0.3, -0.25) is 19.3 Å². The molecule has 2 saturated heterocycles. The molecule has 0 aromatic heterocycles. The summed E-state index contributed by atoms with van der Waals surface area (Å²) < 4.78 is 4.73. The van der Waals surface area contributed by atoms with Gasteiger partial charge in [-0.05, 0) is 25.8 Å². The van der Waals surface area contributed by atoms with Crippen LogP contribution in [0.3, 0.4) is 0 Å². The topological polar surface area (TPSA) is 92.9 Å². The Morgan fingerprint density at radius 2 is 1.90 bits per heavy atom. The van der Waals surface area contributed by atoms with E-state index in [9.17, 15) is 14.4 Å². The summed E-state index contributed by atoms with van der Waals surface area (Å²) in [4.78, 5) is 38.7. The van der Waals surface area contributed by atoms with Crippen molar-refractivity contribution in [2.75, 3.05) is 39.8 Å². The molecule has 0 radical (unpaired) electrons. The van der Waals surface area contributed by atoms with E-state index in [0.29, 0.717) is 26.2 Å². The zero-order valence-corrected chi connectivity index (χ0v) is 12.4. The van der Waals surface area contributed by atoms with E-state index in [1.807, 2.05) is 4.90 Å². The largest absolute Gasteiger partial charge is 0.469 e. The Bertz CT molecular complexity index is 426. The second kappa shape index (κ2) is 6.89. The number of nitrogens with two attached hydrogens (primary N) is 1. The van der Waals surface area contributed by atoms with Crippen LogP contribution in [0.25, 0.3) is 0 Å². The molecule has 21 heavy (non-hydrogen) atoms. The number of carbonyl (C=O) groups excluding carboxylic acids is 3. The van der Waals surface area contributed by atoms with Crippen molar-refractivity contribution in [2.24, 2.45) is 17.6 Å². The Morgan fingerprint density at radius 1 is 1.14 bits per heavy atom. The number of hydrogen-bond acceptors (Lipinski definition) is 5. The molecule has 2 atom stereocenters. The molecule has 2 amide bonds. The zero-order valence-electron chi connectivity index (χ0n) is 12.4. The fourth-order valence-corrected chi connectivity index (χ4v) is 3.06. The summed E-state index contributed by atoms with van der Waals surface area (Å²) in [5, 5.41) is 0. The van der Waals surface area contributed by atoms with E-state index in [1.165, 1.54) is 7.11 Å². The number of likely N-dealkylation sites (tertiary alicyclic amines) is 2. The minimum Gasteiger partial charge on any atom is -0.469 e. The fraction of sp³-hybridized carbons (Fsp3) is 0.786. The van der Waals surface area contributed by atoms with Crippen molar-refractivity contribution in [3.63, 3.8) is 0 Å². The Morgan fingerprint density at radius 3 is 2.57 bits per heavy atom. The van der Waals surface area contributed by atoms with Gasteiger partial charge in [0, 0.05) is 19.6 Å². The number of nitrogens with zero attached hydrogens (tertiary/aromatic N) is 2. The van der Waals surface area contributed by atoms with Crippen molar-refractivity contribution >= 4 is 17.8 Å². The zero-order chi connectivity index (χ0) is 15.4. The van der Waals surface area contributed by atoms with Crippen molar-refractivity contribution in [1.29, 1.82) is 0 Å². The second-order valence-electron chi connectivity index (χ2n) is 5.83. The van der Waals surface area contributed by atoms with Gasteiger partial charge in [-0.1, -0.05) is 0 Å². The molecule has 0 aromatic carbocycles. The van der Waals surface area contributed by atoms with Gasteiger partial charge in [-0.15, -0.1) is 0 Å². The van der Waals surface area contributed by atoms with Crippen LogP contribution < -0.4 is 5.73 Å². The maximum Gasteiger partial charge on any atom is 0.310 e. The lowest BCUT2D eigenvalue weighted by molar-refractivity contribution is -0.145. The molecule has 2 rings (SSSR count). The van der Waals surface area contributed by atoms with Gasteiger partial charge in [-0.25, -0.2) is 0 Å². The third kappa shape index (κ3) is 3.93. The molecule has 2 aliphatic rings. The molecule has 0 aromatic rings. The summed E-state index contributed by atoms with van der Waals surface area (Å²) >= 11 is 0. The minimum atomic E-state index is -0.334. The lowest BCUT2D eigenvalue weighted by Gasteiger charge is -2.32. The number of esters is 1. The summed E-state index contributed by atoms with van der Waals surface area (Å²) in [5.74, 6) is -0.908. The van der Waals surface area contributed by atoms with Crippen molar-refractivity contribution in [3.05, 3.63) is 0 Å². The summed E-state index contributed by atoms with van der Waals surface area (Å²) in [5.41, 5.74) is 5.32. The highest BCUT2D eigenvalue weighted by Gasteiger charge is 2.32. The number of ether oxygens (including phenoxy) is 1. The number of carbonyl (C=O) groups is 3. The maximum atomic E-state index is 12.3. The first-order valence-corrected chi connectivity index (χ1v) is 7.38. The van der Waals surface area contributed by atoms with Crippen molar-refractivity contribution < 1.29 is 19.1 Å². The number of primary amides is 1. The highest BCUT2D eigenvalue weighted by Crippen LogP contribution is 2.19. The fourth-order valence-electron chi connectivity index (χ4n) is 3.06. The van der Waals surface area contributed by atoms with Gasteiger partial charge in [0.25, 0.3) is 0 Å². The molecule has 0 spiro atoms. The van der Waals surface area contributed by atoms with Crippen molar-refractivity contribution in [1.82, 2.24) is 9.80 Å². The SMILES string of the molecule is COC(=O)C1CCN(CC(=O)N2CCCC(C(N)=O)C2)C1. The third-order valence-corrected chi connectivity index (χ3v) is 4.34. The molecule has 2 N–H and O–H groups in total. The number of rotatable bonds is 4. The highest BCUT2D eigenvalue weighted by molar-refractivity contribution is 5.81. The number of methoxy groups -OCH3 is 1. The van der Waals surface area contributed by atoms with E-state index in [-0.39, 0.29) is 29.6 Å². The van der Waals surface area contributed by atoms with Gasteiger partial charge < -0.3 is 15.4 Å². The molecule has 7 nitrogen and oxygen atoms in total. The Labute approximate surface area is 124 Å². The van der Waals surface area contributed by atoms with E-state index >= 15 is 0 Å². The molecule has 7 heteroatoms. The first-order chi connectivity index (χ1) is 10.0. The number of hydrogen-bond donors (Lipinski definition) is 1. The third-order valence-electron chi connectivity index (χ3n) is 4.34. The molecule has 2 unspecified atom stereocenters. The van der Waals surface area contributed by atoms with Crippen LogP contribution in [-0.2, 0) is 19.1 Å². The predicted molar refractivity (Wildman–Crippen MR) is 75.1 cm³/mol. The molecule has 2 fully saturated rings. The van der Waals surface area contributed by atoms with Gasteiger partial charge in [0.15, 0.2) is 0 Å². The first kappa shape index (κ1) is 15.8. The van der Waals surface area contributed by atoms with Crippen LogP contribution >= 0.6 is 0 Å². The summed E-state index contributed by atoms with van der Waals surface area (Å²) in [6, 6.07) is 0. The quantitative estimate of drug-likeness (QED) is 0.686. The monoisotopic (exact) mass is 297 g/mol. The van der Waals surface area contributed by atoms with Crippen LogP contribution in [0.1, 0.15) is 19.3 Å². The van der Waals surface area contributed by atoms with Gasteiger partial charge in [0.1, 0.15) is 0 Å². The van der Waals surface area contributed by atoms with E-state index in [2.05, 4.69) is 0 Å². The molecule has 0 bridgehead atoms. The van der Waals surface area contributed by atoms with Gasteiger partial charge in [0.05, 0.1) is 25.5 Å². The summed E-state index contributed by atoms with van der Waals surface area (Å²) in [6.07, 6.45) is 2.29. The first-order valence-electron chi connectivity index (χ1n) is 7.38. The maximum absolute atomic E-state index is 12.3. The molecule has 2 aliphatic heterocycles. The van der Waals surface area contributed by atoms with E-state index < -0.39 is 0 Å². The van der Waals surface area contributed by atoms with Crippen LogP contribution in [0.5, 0.6) is 0 Å². The van der Waals surface area contributed by atoms with Gasteiger partial charge >= 0.3 is 5.97 Å². The van der Waals surface area contributed by atoms with E-state index in [1.54, 1.807) is 4.90 Å². The molecule has 2 heterocycles. The Hall–Kier alpha value is -1.63. The van der Waals surface area contributed by atoms with E-state index in [4.69, 9.17) is 10.5 Å². The van der Waals surface area contributed by atoms with Crippen LogP contribution in [0.15, 0.2) is 0 Å². The Kier molecular flexibility index (Phi) is 5.17. The van der Waals surface area contributed by atoms with Crippen LogP contribution in [0.2, 0.25) is 0 Å². The van der Waals surface area contributed by atoms with Crippen molar-refractivity contribution in [3.8, 4) is 0 Å². The van der Waals surface area contributed by atoms with Gasteiger partial charge in [-0.2, -0.15) is 0 Å². The average molecular weight is 297 g/mol. The molecule has 0 aliphatic carbocycles. The summed E-state index contributed by atoms with van der Waals surface area (Å²) in [6.45, 7) is 2.67. The van der Waals surface area contributed by atoms with Crippen LogP contribution in [-0.4, -0.2) is 67.4 Å². The smallest absolute Gasteiger partial charge is 0.310 e. The van der Waals surface area contributed by atoms with Gasteiger partial charge in [0.2, 0.25) is 11.8 Å². The van der Waals surface area contributed by atoms with Crippen LogP contribution in [0.4, 0.5) is 0 Å². The molecule has 118 valence electrons. The number of piperidine rings is 1. The lowest BCUT2D eigenvalue weighted by atomic mass is 9.97. The van der Waals surface area contributed by atoms with E-state index in [0.717, 1.165) is 25.8 Å².